The molecule has 0 unspecified atom stereocenters. The molecule has 0 aromatic carbocycles. The topological polar surface area (TPSA) is 36.6 Å². The highest BCUT2D eigenvalue weighted by molar-refractivity contribution is 5.05. The first-order valence-electron chi connectivity index (χ1n) is 5.60. The molecule has 0 aliphatic heterocycles. The Morgan fingerprint density at radius 2 is 2.27 bits per heavy atom. The second-order valence-electron chi connectivity index (χ2n) is 4.49. The first kappa shape index (κ1) is 10.7. The van der Waals surface area contributed by atoms with Crippen LogP contribution in [-0.2, 0) is 6.54 Å². The van der Waals surface area contributed by atoms with Gasteiger partial charge in [-0.15, -0.1) is 0 Å². The van der Waals surface area contributed by atoms with Crippen molar-refractivity contribution in [2.45, 2.75) is 44.9 Å². The van der Waals surface area contributed by atoms with Crippen LogP contribution >= 0.6 is 0 Å². The van der Waals surface area contributed by atoms with Crippen molar-refractivity contribution in [3.05, 3.63) is 23.7 Å². The van der Waals surface area contributed by atoms with E-state index < -0.39 is 0 Å². The summed E-state index contributed by atoms with van der Waals surface area (Å²) in [5.74, 6) is 1.93. The molecular weight excluding hydrogens is 190 g/mol. The third-order valence-corrected chi connectivity index (χ3v) is 3.21. The number of aryl methyl sites for hydroxylation is 1. The van der Waals surface area contributed by atoms with Gasteiger partial charge in [0.05, 0.1) is 12.6 Å². The Labute approximate surface area is 90.7 Å². The van der Waals surface area contributed by atoms with Crippen molar-refractivity contribution in [3.8, 4) is 0 Å². The van der Waals surface area contributed by atoms with Crippen LogP contribution in [0.5, 0.6) is 0 Å². The van der Waals surface area contributed by atoms with Crippen LogP contribution < -0.4 is 0 Å². The van der Waals surface area contributed by atoms with E-state index in [4.69, 9.17) is 4.42 Å². The minimum Gasteiger partial charge on any atom is -0.465 e. The summed E-state index contributed by atoms with van der Waals surface area (Å²) in [6, 6.07) is 4.29. The van der Waals surface area contributed by atoms with Gasteiger partial charge in [0.25, 0.3) is 0 Å². The summed E-state index contributed by atoms with van der Waals surface area (Å²) in [5, 5.41) is 9.77. The van der Waals surface area contributed by atoms with Crippen LogP contribution in [0.15, 0.2) is 16.5 Å². The Balaban J connectivity index is 1.94. The molecule has 15 heavy (non-hydrogen) atoms. The van der Waals surface area contributed by atoms with Crippen molar-refractivity contribution in [1.82, 2.24) is 4.90 Å². The first-order chi connectivity index (χ1) is 7.16. The van der Waals surface area contributed by atoms with E-state index in [2.05, 4.69) is 11.9 Å². The normalized spacial score (nSPS) is 26.4. The van der Waals surface area contributed by atoms with E-state index in [1.807, 2.05) is 19.1 Å². The summed E-state index contributed by atoms with van der Waals surface area (Å²) in [5.41, 5.74) is 0. The van der Waals surface area contributed by atoms with Crippen molar-refractivity contribution in [1.29, 1.82) is 0 Å². The number of aliphatic hydroxyl groups is 1. The van der Waals surface area contributed by atoms with Gasteiger partial charge in [-0.25, -0.2) is 0 Å². The SMILES string of the molecule is Cc1ccc(CN(C)[C@H]2CCC[C@@H]2O)o1. The van der Waals surface area contributed by atoms with Crippen LogP contribution in [0.1, 0.15) is 30.8 Å². The summed E-state index contributed by atoms with van der Waals surface area (Å²) < 4.78 is 5.53. The number of aliphatic hydroxyl groups excluding tert-OH is 1. The molecule has 2 rings (SSSR count). The summed E-state index contributed by atoms with van der Waals surface area (Å²) in [6.45, 7) is 2.74. The molecule has 84 valence electrons. The maximum atomic E-state index is 9.77. The van der Waals surface area contributed by atoms with Gasteiger partial charge in [-0.1, -0.05) is 0 Å². The average Bonchev–Trinajstić information content (AvgIpc) is 2.75. The fraction of sp³-hybridized carbons (Fsp3) is 0.667. The second kappa shape index (κ2) is 4.37. The lowest BCUT2D eigenvalue weighted by Gasteiger charge is -2.25. The van der Waals surface area contributed by atoms with E-state index >= 15 is 0 Å². The van der Waals surface area contributed by atoms with Gasteiger partial charge in [-0.05, 0) is 45.4 Å². The van der Waals surface area contributed by atoms with Gasteiger partial charge in [0.2, 0.25) is 0 Å². The van der Waals surface area contributed by atoms with Crippen molar-refractivity contribution in [2.24, 2.45) is 0 Å². The average molecular weight is 209 g/mol. The predicted molar refractivity (Wildman–Crippen MR) is 58.6 cm³/mol. The number of nitrogens with zero attached hydrogens (tertiary/aromatic N) is 1. The van der Waals surface area contributed by atoms with Gasteiger partial charge in [0.1, 0.15) is 11.5 Å². The fourth-order valence-electron chi connectivity index (χ4n) is 2.37. The lowest BCUT2D eigenvalue weighted by Crippen LogP contribution is -2.36. The predicted octanol–water partition coefficient (Wildman–Crippen LogP) is 1.93. The molecule has 0 radical (unpaired) electrons. The van der Waals surface area contributed by atoms with Crippen molar-refractivity contribution < 1.29 is 9.52 Å². The first-order valence-corrected chi connectivity index (χ1v) is 5.60. The molecule has 1 N–H and O–H groups in total. The Kier molecular flexibility index (Phi) is 3.12. The van der Waals surface area contributed by atoms with Crippen molar-refractivity contribution in [3.63, 3.8) is 0 Å². The van der Waals surface area contributed by atoms with Crippen LogP contribution in [0.4, 0.5) is 0 Å². The van der Waals surface area contributed by atoms with Crippen LogP contribution in [-0.4, -0.2) is 29.2 Å². The van der Waals surface area contributed by atoms with Crippen LogP contribution in [0.3, 0.4) is 0 Å². The van der Waals surface area contributed by atoms with Gasteiger partial charge in [-0.3, -0.25) is 4.90 Å². The highest BCUT2D eigenvalue weighted by Crippen LogP contribution is 2.24. The minimum atomic E-state index is -0.161. The number of hydrogen-bond donors (Lipinski definition) is 1. The summed E-state index contributed by atoms with van der Waals surface area (Å²) in [4.78, 5) is 2.19. The largest absolute Gasteiger partial charge is 0.465 e. The van der Waals surface area contributed by atoms with E-state index in [0.717, 1.165) is 37.3 Å². The Morgan fingerprint density at radius 3 is 2.80 bits per heavy atom. The van der Waals surface area contributed by atoms with Gasteiger partial charge in [0, 0.05) is 6.04 Å². The Morgan fingerprint density at radius 1 is 1.47 bits per heavy atom. The van der Waals surface area contributed by atoms with Crippen LogP contribution in [0, 0.1) is 6.92 Å². The smallest absolute Gasteiger partial charge is 0.118 e. The second-order valence-corrected chi connectivity index (χ2v) is 4.49. The zero-order chi connectivity index (χ0) is 10.8. The van der Waals surface area contributed by atoms with Gasteiger partial charge in [0.15, 0.2) is 0 Å². The summed E-state index contributed by atoms with van der Waals surface area (Å²) >= 11 is 0. The Bertz CT molecular complexity index is 321. The Hall–Kier alpha value is -0.800. The van der Waals surface area contributed by atoms with E-state index in [1.54, 1.807) is 0 Å². The molecule has 1 aliphatic carbocycles. The molecule has 1 aromatic rings. The lowest BCUT2D eigenvalue weighted by atomic mass is 10.2. The monoisotopic (exact) mass is 209 g/mol. The standard InChI is InChI=1S/C12H19NO2/c1-9-6-7-10(15-9)8-13(2)11-4-3-5-12(11)14/h6-7,11-12,14H,3-5,8H2,1-2H3/t11-,12-/m0/s1. The molecule has 1 aromatic heterocycles. The molecule has 1 aliphatic rings. The molecule has 1 heterocycles. The van der Waals surface area contributed by atoms with Crippen molar-refractivity contribution >= 4 is 0 Å². The minimum absolute atomic E-state index is 0.161. The van der Waals surface area contributed by atoms with Crippen LogP contribution in [0.2, 0.25) is 0 Å². The molecule has 0 bridgehead atoms. The third kappa shape index (κ3) is 2.41. The maximum absolute atomic E-state index is 9.77. The van der Waals surface area contributed by atoms with E-state index in [1.165, 1.54) is 0 Å². The molecule has 2 atom stereocenters. The summed E-state index contributed by atoms with van der Waals surface area (Å²) in [7, 11) is 2.05. The summed E-state index contributed by atoms with van der Waals surface area (Å²) in [6.07, 6.45) is 3.00. The number of rotatable bonds is 3. The number of furan rings is 1. The van der Waals surface area contributed by atoms with E-state index in [9.17, 15) is 5.11 Å². The van der Waals surface area contributed by atoms with E-state index in [-0.39, 0.29) is 6.10 Å². The quantitative estimate of drug-likeness (QED) is 0.826. The zero-order valence-electron chi connectivity index (χ0n) is 9.44. The number of hydrogen-bond acceptors (Lipinski definition) is 3. The van der Waals surface area contributed by atoms with Crippen molar-refractivity contribution in [2.75, 3.05) is 7.05 Å². The van der Waals surface area contributed by atoms with Gasteiger partial charge >= 0.3 is 0 Å². The molecule has 1 fully saturated rings. The third-order valence-electron chi connectivity index (χ3n) is 3.21. The molecule has 3 heteroatoms. The highest BCUT2D eigenvalue weighted by atomic mass is 16.3. The molecule has 1 saturated carbocycles. The van der Waals surface area contributed by atoms with Gasteiger partial charge in [-0.2, -0.15) is 0 Å². The van der Waals surface area contributed by atoms with Gasteiger partial charge < -0.3 is 9.52 Å². The van der Waals surface area contributed by atoms with E-state index in [0.29, 0.717) is 6.04 Å². The lowest BCUT2D eigenvalue weighted by molar-refractivity contribution is 0.0786. The molecular formula is C12H19NO2. The maximum Gasteiger partial charge on any atom is 0.118 e. The highest BCUT2D eigenvalue weighted by Gasteiger charge is 2.28. The molecule has 0 spiro atoms. The number of likely N-dealkylation sites (N-methyl/N-ethyl adjacent to an activating group) is 1. The molecule has 3 nitrogen and oxygen atoms in total. The zero-order valence-corrected chi connectivity index (χ0v) is 9.44. The molecule has 0 amide bonds. The molecule has 0 saturated heterocycles. The van der Waals surface area contributed by atoms with Crippen LogP contribution in [0.25, 0.3) is 0 Å². The fourth-order valence-corrected chi connectivity index (χ4v) is 2.37.